The quantitative estimate of drug-likeness (QED) is 0.772. The average molecular weight is 268 g/mol. The van der Waals surface area contributed by atoms with Crippen molar-refractivity contribution in [1.29, 1.82) is 0 Å². The maximum absolute atomic E-state index is 13.6. The molecule has 0 heterocycles. The standard InChI is InChI=1S/C14H18F2N2O/c1-2-17-6-7-18-14(19)11-8-10(11)9-4-3-5-12(15)13(9)16/h3-5,10-11,17H,2,6-8H2,1H3,(H,18,19). The summed E-state index contributed by atoms with van der Waals surface area (Å²) in [4.78, 5) is 11.8. The highest BCUT2D eigenvalue weighted by Crippen LogP contribution is 2.48. The van der Waals surface area contributed by atoms with Gasteiger partial charge in [0.15, 0.2) is 11.6 Å². The molecule has 0 bridgehead atoms. The molecule has 2 unspecified atom stereocenters. The molecule has 1 saturated carbocycles. The molecule has 0 saturated heterocycles. The van der Waals surface area contributed by atoms with Crippen LogP contribution in [0.3, 0.4) is 0 Å². The van der Waals surface area contributed by atoms with E-state index in [0.717, 1.165) is 12.6 Å². The van der Waals surface area contributed by atoms with Crippen molar-refractivity contribution < 1.29 is 13.6 Å². The van der Waals surface area contributed by atoms with E-state index >= 15 is 0 Å². The zero-order valence-electron chi connectivity index (χ0n) is 10.9. The molecule has 1 aliphatic rings. The minimum absolute atomic E-state index is 0.0773. The Hall–Kier alpha value is -1.49. The van der Waals surface area contributed by atoms with Gasteiger partial charge < -0.3 is 10.6 Å². The summed E-state index contributed by atoms with van der Waals surface area (Å²) in [5.41, 5.74) is 0.312. The van der Waals surface area contributed by atoms with E-state index < -0.39 is 11.6 Å². The third kappa shape index (κ3) is 3.29. The molecule has 1 aromatic carbocycles. The molecule has 19 heavy (non-hydrogen) atoms. The van der Waals surface area contributed by atoms with E-state index in [2.05, 4.69) is 10.6 Å². The first-order valence-electron chi connectivity index (χ1n) is 6.57. The van der Waals surface area contributed by atoms with E-state index in [1.165, 1.54) is 6.07 Å². The number of carbonyl (C=O) groups excluding carboxylic acids is 1. The van der Waals surface area contributed by atoms with Crippen LogP contribution in [0.5, 0.6) is 0 Å². The smallest absolute Gasteiger partial charge is 0.223 e. The van der Waals surface area contributed by atoms with Crippen molar-refractivity contribution in [2.75, 3.05) is 19.6 Å². The third-order valence-electron chi connectivity index (χ3n) is 3.36. The lowest BCUT2D eigenvalue weighted by molar-refractivity contribution is -0.122. The highest BCUT2D eigenvalue weighted by Gasteiger charge is 2.45. The van der Waals surface area contributed by atoms with E-state index in [1.807, 2.05) is 6.92 Å². The van der Waals surface area contributed by atoms with Gasteiger partial charge in [-0.1, -0.05) is 19.1 Å². The second-order valence-corrected chi connectivity index (χ2v) is 4.74. The molecule has 2 atom stereocenters. The van der Waals surface area contributed by atoms with Gasteiger partial charge in [0.05, 0.1) is 0 Å². The lowest BCUT2D eigenvalue weighted by Gasteiger charge is -2.06. The number of halogens is 2. The number of benzene rings is 1. The molecule has 2 rings (SSSR count). The summed E-state index contributed by atoms with van der Waals surface area (Å²) in [5.74, 6) is -2.16. The van der Waals surface area contributed by atoms with Crippen LogP contribution in [0.4, 0.5) is 8.78 Å². The molecule has 0 spiro atoms. The Morgan fingerprint density at radius 3 is 2.89 bits per heavy atom. The molecular weight excluding hydrogens is 250 g/mol. The summed E-state index contributed by atoms with van der Waals surface area (Å²) in [6.07, 6.45) is 0.591. The number of hydrogen-bond acceptors (Lipinski definition) is 2. The van der Waals surface area contributed by atoms with Gasteiger partial charge in [0, 0.05) is 19.0 Å². The van der Waals surface area contributed by atoms with Crippen LogP contribution >= 0.6 is 0 Å². The maximum Gasteiger partial charge on any atom is 0.223 e. The lowest BCUT2D eigenvalue weighted by atomic mass is 10.1. The Morgan fingerprint density at radius 1 is 1.37 bits per heavy atom. The number of amides is 1. The van der Waals surface area contributed by atoms with Crippen LogP contribution in [0.1, 0.15) is 24.8 Å². The summed E-state index contributed by atoms with van der Waals surface area (Å²) in [7, 11) is 0. The van der Waals surface area contributed by atoms with Crippen LogP contribution in [-0.2, 0) is 4.79 Å². The van der Waals surface area contributed by atoms with Crippen LogP contribution in [0.25, 0.3) is 0 Å². The van der Waals surface area contributed by atoms with Gasteiger partial charge in [-0.15, -0.1) is 0 Å². The van der Waals surface area contributed by atoms with Gasteiger partial charge in [0.1, 0.15) is 0 Å². The first-order valence-corrected chi connectivity index (χ1v) is 6.57. The van der Waals surface area contributed by atoms with E-state index in [0.29, 0.717) is 25.1 Å². The fourth-order valence-corrected chi connectivity index (χ4v) is 2.22. The normalized spacial score (nSPS) is 21.2. The van der Waals surface area contributed by atoms with Crippen LogP contribution in [0.2, 0.25) is 0 Å². The maximum atomic E-state index is 13.6. The molecule has 1 fully saturated rings. The van der Waals surface area contributed by atoms with Gasteiger partial charge in [0.25, 0.3) is 0 Å². The number of nitrogens with one attached hydrogen (secondary N) is 2. The molecule has 3 nitrogen and oxygen atoms in total. The van der Waals surface area contributed by atoms with Crippen LogP contribution in [-0.4, -0.2) is 25.5 Å². The molecule has 0 aliphatic heterocycles. The van der Waals surface area contributed by atoms with Gasteiger partial charge in [-0.05, 0) is 30.5 Å². The molecule has 104 valence electrons. The summed E-state index contributed by atoms with van der Waals surface area (Å²) < 4.78 is 26.7. The third-order valence-corrected chi connectivity index (χ3v) is 3.36. The van der Waals surface area contributed by atoms with Crippen molar-refractivity contribution in [1.82, 2.24) is 10.6 Å². The molecule has 2 N–H and O–H groups in total. The Balaban J connectivity index is 1.86. The molecule has 1 amide bonds. The monoisotopic (exact) mass is 268 g/mol. The number of carbonyl (C=O) groups is 1. The molecule has 0 radical (unpaired) electrons. The Kier molecular flexibility index (Phi) is 4.47. The zero-order valence-corrected chi connectivity index (χ0v) is 10.9. The van der Waals surface area contributed by atoms with E-state index in [-0.39, 0.29) is 17.7 Å². The van der Waals surface area contributed by atoms with E-state index in [9.17, 15) is 13.6 Å². The van der Waals surface area contributed by atoms with Crippen molar-refractivity contribution in [2.45, 2.75) is 19.3 Å². The van der Waals surface area contributed by atoms with Crippen molar-refractivity contribution in [3.63, 3.8) is 0 Å². The zero-order chi connectivity index (χ0) is 13.8. The Bertz CT molecular complexity index is 465. The first kappa shape index (κ1) is 13.9. The molecular formula is C14H18F2N2O. The van der Waals surface area contributed by atoms with E-state index in [1.54, 1.807) is 6.07 Å². The fraction of sp³-hybridized carbons (Fsp3) is 0.500. The molecule has 1 aromatic rings. The van der Waals surface area contributed by atoms with Crippen LogP contribution in [0, 0.1) is 17.6 Å². The lowest BCUT2D eigenvalue weighted by Crippen LogP contribution is -2.32. The van der Waals surface area contributed by atoms with E-state index in [4.69, 9.17) is 0 Å². The summed E-state index contributed by atoms with van der Waals surface area (Å²) in [6, 6.07) is 4.12. The van der Waals surface area contributed by atoms with Crippen LogP contribution in [0.15, 0.2) is 18.2 Å². The van der Waals surface area contributed by atoms with Crippen molar-refractivity contribution in [2.24, 2.45) is 5.92 Å². The van der Waals surface area contributed by atoms with Crippen molar-refractivity contribution >= 4 is 5.91 Å². The minimum atomic E-state index is -0.851. The largest absolute Gasteiger partial charge is 0.355 e. The average Bonchev–Trinajstić information content (AvgIpc) is 3.18. The predicted octanol–water partition coefficient (Wildman–Crippen LogP) is 1.79. The highest BCUT2D eigenvalue weighted by molar-refractivity contribution is 5.82. The van der Waals surface area contributed by atoms with Gasteiger partial charge >= 0.3 is 0 Å². The van der Waals surface area contributed by atoms with Gasteiger partial charge in [-0.25, -0.2) is 8.78 Å². The van der Waals surface area contributed by atoms with Crippen LogP contribution < -0.4 is 10.6 Å². The molecule has 0 aromatic heterocycles. The van der Waals surface area contributed by atoms with Crippen molar-refractivity contribution in [3.8, 4) is 0 Å². The summed E-state index contributed by atoms with van der Waals surface area (Å²) >= 11 is 0. The second-order valence-electron chi connectivity index (χ2n) is 4.74. The molecule has 5 heteroatoms. The SMILES string of the molecule is CCNCCNC(=O)C1CC1c1cccc(F)c1F. The summed E-state index contributed by atoms with van der Waals surface area (Å²) in [5, 5.41) is 5.89. The Labute approximate surface area is 111 Å². The van der Waals surface area contributed by atoms with Crippen molar-refractivity contribution in [3.05, 3.63) is 35.4 Å². The molecule has 1 aliphatic carbocycles. The van der Waals surface area contributed by atoms with Gasteiger partial charge in [0.2, 0.25) is 5.91 Å². The van der Waals surface area contributed by atoms with Gasteiger partial charge in [-0.3, -0.25) is 4.79 Å². The number of rotatable bonds is 6. The minimum Gasteiger partial charge on any atom is -0.355 e. The fourth-order valence-electron chi connectivity index (χ4n) is 2.22. The number of likely N-dealkylation sites (N-methyl/N-ethyl adjacent to an activating group) is 1. The topological polar surface area (TPSA) is 41.1 Å². The first-order chi connectivity index (χ1) is 9.15. The van der Waals surface area contributed by atoms with Gasteiger partial charge in [-0.2, -0.15) is 0 Å². The second kappa shape index (κ2) is 6.10. The predicted molar refractivity (Wildman–Crippen MR) is 68.8 cm³/mol. The Morgan fingerprint density at radius 2 is 2.16 bits per heavy atom. The highest BCUT2D eigenvalue weighted by atomic mass is 19.2. The summed E-state index contributed by atoms with van der Waals surface area (Å²) in [6.45, 7) is 4.12. The number of hydrogen-bond donors (Lipinski definition) is 2.